The summed E-state index contributed by atoms with van der Waals surface area (Å²) in [6.07, 6.45) is 0. The minimum absolute atomic E-state index is 0.729. The topological polar surface area (TPSA) is 40.7 Å². The third-order valence-electron chi connectivity index (χ3n) is 2.07. The SMILES string of the molecule is CCNc1cc(-c2cccc(Cl)c2)[nH]n1. The van der Waals surface area contributed by atoms with E-state index in [1.54, 1.807) is 0 Å². The van der Waals surface area contributed by atoms with Gasteiger partial charge >= 0.3 is 0 Å². The lowest BCUT2D eigenvalue weighted by atomic mass is 10.1. The fraction of sp³-hybridized carbons (Fsp3) is 0.182. The number of halogens is 1. The number of H-pyrrole nitrogens is 1. The number of aromatic amines is 1. The van der Waals surface area contributed by atoms with Crippen molar-refractivity contribution >= 4 is 17.4 Å². The highest BCUT2D eigenvalue weighted by molar-refractivity contribution is 6.30. The van der Waals surface area contributed by atoms with Crippen molar-refractivity contribution in [3.8, 4) is 11.3 Å². The van der Waals surface area contributed by atoms with Crippen LogP contribution in [0.2, 0.25) is 5.02 Å². The fourth-order valence-corrected chi connectivity index (χ4v) is 1.59. The van der Waals surface area contributed by atoms with Crippen LogP contribution in [0.1, 0.15) is 6.92 Å². The van der Waals surface area contributed by atoms with Crippen LogP contribution in [0, 0.1) is 0 Å². The Hall–Kier alpha value is -1.48. The Bertz CT molecular complexity index is 451. The van der Waals surface area contributed by atoms with Gasteiger partial charge in [0.15, 0.2) is 0 Å². The summed E-state index contributed by atoms with van der Waals surface area (Å²) in [7, 11) is 0. The number of hydrogen-bond donors (Lipinski definition) is 2. The van der Waals surface area contributed by atoms with E-state index in [-0.39, 0.29) is 0 Å². The van der Waals surface area contributed by atoms with E-state index in [4.69, 9.17) is 11.6 Å². The van der Waals surface area contributed by atoms with Crippen LogP contribution in [-0.2, 0) is 0 Å². The van der Waals surface area contributed by atoms with Crippen LogP contribution >= 0.6 is 11.6 Å². The van der Waals surface area contributed by atoms with Gasteiger partial charge in [0.1, 0.15) is 5.82 Å². The van der Waals surface area contributed by atoms with Crippen molar-refractivity contribution in [2.24, 2.45) is 0 Å². The van der Waals surface area contributed by atoms with Gasteiger partial charge in [-0.15, -0.1) is 0 Å². The van der Waals surface area contributed by atoms with Crippen LogP contribution in [0.15, 0.2) is 30.3 Å². The summed E-state index contributed by atoms with van der Waals surface area (Å²) in [5.41, 5.74) is 2.01. The Morgan fingerprint density at radius 1 is 1.40 bits per heavy atom. The van der Waals surface area contributed by atoms with E-state index in [1.165, 1.54) is 0 Å². The third-order valence-corrected chi connectivity index (χ3v) is 2.31. The first-order chi connectivity index (χ1) is 7.29. The number of nitrogens with zero attached hydrogens (tertiary/aromatic N) is 1. The third kappa shape index (κ3) is 2.30. The average Bonchev–Trinajstić information content (AvgIpc) is 2.67. The van der Waals surface area contributed by atoms with Crippen LogP contribution in [0.3, 0.4) is 0 Å². The maximum Gasteiger partial charge on any atom is 0.148 e. The standard InChI is InChI=1S/C11H12ClN3/c1-2-13-11-7-10(14-15-11)8-4-3-5-9(12)6-8/h3-7H,2H2,1H3,(H2,13,14,15). The first kappa shape index (κ1) is 10.1. The maximum atomic E-state index is 5.91. The zero-order chi connectivity index (χ0) is 10.7. The van der Waals surface area contributed by atoms with E-state index in [0.29, 0.717) is 0 Å². The minimum atomic E-state index is 0.729. The molecule has 1 aromatic carbocycles. The molecule has 2 N–H and O–H groups in total. The van der Waals surface area contributed by atoms with Gasteiger partial charge in [0, 0.05) is 23.2 Å². The molecular weight excluding hydrogens is 210 g/mol. The molecule has 0 spiro atoms. The van der Waals surface area contributed by atoms with E-state index in [9.17, 15) is 0 Å². The fourth-order valence-electron chi connectivity index (χ4n) is 1.40. The number of hydrogen-bond acceptors (Lipinski definition) is 2. The molecule has 4 heteroatoms. The molecule has 0 aliphatic carbocycles. The monoisotopic (exact) mass is 221 g/mol. The summed E-state index contributed by atoms with van der Waals surface area (Å²) < 4.78 is 0. The minimum Gasteiger partial charge on any atom is -0.369 e. The summed E-state index contributed by atoms with van der Waals surface area (Å²) in [6.45, 7) is 2.90. The van der Waals surface area contributed by atoms with Crippen LogP contribution in [0.25, 0.3) is 11.3 Å². The molecule has 1 aromatic heterocycles. The van der Waals surface area contributed by atoms with Gasteiger partial charge in [-0.3, -0.25) is 5.10 Å². The zero-order valence-corrected chi connectivity index (χ0v) is 9.17. The lowest BCUT2D eigenvalue weighted by Crippen LogP contribution is -1.95. The molecule has 2 aromatic rings. The smallest absolute Gasteiger partial charge is 0.148 e. The van der Waals surface area contributed by atoms with Gasteiger partial charge in [-0.05, 0) is 19.1 Å². The molecule has 0 atom stereocenters. The molecule has 15 heavy (non-hydrogen) atoms. The van der Waals surface area contributed by atoms with E-state index in [1.807, 2.05) is 37.3 Å². The molecule has 0 aliphatic heterocycles. The summed E-state index contributed by atoms with van der Waals surface area (Å²) >= 11 is 5.91. The van der Waals surface area contributed by atoms with E-state index < -0.39 is 0 Å². The van der Waals surface area contributed by atoms with Crippen LogP contribution < -0.4 is 5.32 Å². The summed E-state index contributed by atoms with van der Waals surface area (Å²) in [5, 5.41) is 11.0. The van der Waals surface area contributed by atoms with E-state index in [2.05, 4.69) is 15.5 Å². The molecule has 0 bridgehead atoms. The Morgan fingerprint density at radius 2 is 2.27 bits per heavy atom. The molecule has 0 saturated carbocycles. The largest absolute Gasteiger partial charge is 0.369 e. The van der Waals surface area contributed by atoms with Crippen LogP contribution in [-0.4, -0.2) is 16.7 Å². The molecule has 2 rings (SSSR count). The second kappa shape index (κ2) is 4.36. The molecule has 0 aliphatic rings. The molecule has 78 valence electrons. The van der Waals surface area contributed by atoms with Gasteiger partial charge in [0.2, 0.25) is 0 Å². The summed E-state index contributed by atoms with van der Waals surface area (Å²) in [4.78, 5) is 0. The Kier molecular flexibility index (Phi) is 2.92. The molecule has 3 nitrogen and oxygen atoms in total. The van der Waals surface area contributed by atoms with Gasteiger partial charge in [0.05, 0.1) is 5.69 Å². The number of rotatable bonds is 3. The molecule has 1 heterocycles. The van der Waals surface area contributed by atoms with Gasteiger partial charge in [-0.1, -0.05) is 23.7 Å². The molecule has 0 fully saturated rings. The summed E-state index contributed by atoms with van der Waals surface area (Å²) in [5.74, 6) is 0.854. The van der Waals surface area contributed by atoms with Crippen molar-refractivity contribution in [2.45, 2.75) is 6.92 Å². The van der Waals surface area contributed by atoms with Crippen molar-refractivity contribution < 1.29 is 0 Å². The van der Waals surface area contributed by atoms with Crippen molar-refractivity contribution in [2.75, 3.05) is 11.9 Å². The highest BCUT2D eigenvalue weighted by Gasteiger charge is 2.02. The van der Waals surface area contributed by atoms with Gasteiger partial charge < -0.3 is 5.32 Å². The van der Waals surface area contributed by atoms with E-state index in [0.717, 1.165) is 28.6 Å². The van der Waals surface area contributed by atoms with Crippen LogP contribution in [0.4, 0.5) is 5.82 Å². The van der Waals surface area contributed by atoms with Gasteiger partial charge in [-0.2, -0.15) is 5.10 Å². The number of anilines is 1. The lowest BCUT2D eigenvalue weighted by molar-refractivity contribution is 1.07. The Balaban J connectivity index is 2.29. The van der Waals surface area contributed by atoms with Crippen molar-refractivity contribution in [3.05, 3.63) is 35.4 Å². The lowest BCUT2D eigenvalue weighted by Gasteiger charge is -1.96. The number of nitrogens with one attached hydrogen (secondary N) is 2. The zero-order valence-electron chi connectivity index (χ0n) is 8.42. The van der Waals surface area contributed by atoms with Crippen molar-refractivity contribution in [1.29, 1.82) is 0 Å². The molecule has 0 radical (unpaired) electrons. The van der Waals surface area contributed by atoms with Crippen molar-refractivity contribution in [3.63, 3.8) is 0 Å². The Labute approximate surface area is 93.5 Å². The second-order valence-electron chi connectivity index (χ2n) is 3.21. The van der Waals surface area contributed by atoms with Gasteiger partial charge in [-0.25, -0.2) is 0 Å². The second-order valence-corrected chi connectivity index (χ2v) is 3.64. The number of aromatic nitrogens is 2. The maximum absolute atomic E-state index is 5.91. The first-order valence-electron chi connectivity index (χ1n) is 4.85. The highest BCUT2D eigenvalue weighted by atomic mass is 35.5. The average molecular weight is 222 g/mol. The number of benzene rings is 1. The van der Waals surface area contributed by atoms with Crippen LogP contribution in [0.5, 0.6) is 0 Å². The predicted molar refractivity (Wildman–Crippen MR) is 63.2 cm³/mol. The predicted octanol–water partition coefficient (Wildman–Crippen LogP) is 3.16. The highest BCUT2D eigenvalue weighted by Crippen LogP contribution is 2.22. The van der Waals surface area contributed by atoms with Gasteiger partial charge in [0.25, 0.3) is 0 Å². The van der Waals surface area contributed by atoms with Crippen molar-refractivity contribution in [1.82, 2.24) is 10.2 Å². The normalized spacial score (nSPS) is 10.3. The molecule has 0 unspecified atom stereocenters. The first-order valence-corrected chi connectivity index (χ1v) is 5.22. The van der Waals surface area contributed by atoms with E-state index >= 15 is 0 Å². The quantitative estimate of drug-likeness (QED) is 0.836. The molecule has 0 saturated heterocycles. The molecular formula is C11H12ClN3. The Morgan fingerprint density at radius 3 is 3.00 bits per heavy atom. The molecule has 0 amide bonds. The summed E-state index contributed by atoms with van der Waals surface area (Å²) in [6, 6.07) is 9.65.